The number of benzene rings is 2. The number of esters is 2. The first-order chi connectivity index (χ1) is 13.2. The summed E-state index contributed by atoms with van der Waals surface area (Å²) >= 11 is 0. The minimum atomic E-state index is -4.66. The van der Waals surface area contributed by atoms with Crippen molar-refractivity contribution in [2.75, 3.05) is 24.9 Å². The molecule has 28 heavy (non-hydrogen) atoms. The molecule has 2 amide bonds. The van der Waals surface area contributed by atoms with E-state index in [1.807, 2.05) is 0 Å². The van der Waals surface area contributed by atoms with E-state index < -0.39 is 35.4 Å². The summed E-state index contributed by atoms with van der Waals surface area (Å²) in [6.45, 7) is 0. The average Bonchev–Trinajstić information content (AvgIpc) is 2.65. The molecule has 0 bridgehead atoms. The lowest BCUT2D eigenvalue weighted by molar-refractivity contribution is -0.136. The minimum absolute atomic E-state index is 0.0229. The molecule has 2 aromatic carbocycles. The zero-order chi connectivity index (χ0) is 20.9. The number of halogens is 3. The van der Waals surface area contributed by atoms with Gasteiger partial charge in [-0.15, -0.1) is 0 Å². The van der Waals surface area contributed by atoms with Gasteiger partial charge in [0.2, 0.25) is 0 Å². The number of alkyl halides is 3. The van der Waals surface area contributed by atoms with Crippen molar-refractivity contribution in [1.82, 2.24) is 0 Å². The molecule has 0 aliphatic rings. The quantitative estimate of drug-likeness (QED) is 0.764. The van der Waals surface area contributed by atoms with Crippen LogP contribution in [0.25, 0.3) is 0 Å². The van der Waals surface area contributed by atoms with Crippen molar-refractivity contribution in [2.45, 2.75) is 6.18 Å². The van der Waals surface area contributed by atoms with Crippen LogP contribution in [0.2, 0.25) is 0 Å². The number of hydrogen-bond donors (Lipinski definition) is 2. The Morgan fingerprint density at radius 2 is 1.39 bits per heavy atom. The molecule has 0 fully saturated rings. The van der Waals surface area contributed by atoms with Crippen molar-refractivity contribution >= 4 is 29.3 Å². The van der Waals surface area contributed by atoms with Crippen LogP contribution in [-0.4, -0.2) is 32.2 Å². The van der Waals surface area contributed by atoms with E-state index in [2.05, 4.69) is 20.1 Å². The predicted molar refractivity (Wildman–Crippen MR) is 93.2 cm³/mol. The molecular weight excluding hydrogens is 381 g/mol. The van der Waals surface area contributed by atoms with Crippen molar-refractivity contribution in [3.63, 3.8) is 0 Å². The second-order valence-electron chi connectivity index (χ2n) is 5.40. The second kappa shape index (κ2) is 8.42. The molecule has 0 atom stereocenters. The fourth-order valence-corrected chi connectivity index (χ4v) is 2.30. The van der Waals surface area contributed by atoms with Crippen LogP contribution in [0.1, 0.15) is 26.3 Å². The maximum Gasteiger partial charge on any atom is 0.418 e. The Morgan fingerprint density at radius 3 is 1.89 bits per heavy atom. The summed E-state index contributed by atoms with van der Waals surface area (Å²) in [7, 11) is 2.25. The zero-order valence-corrected chi connectivity index (χ0v) is 14.7. The van der Waals surface area contributed by atoms with E-state index in [1.54, 1.807) is 0 Å². The minimum Gasteiger partial charge on any atom is -0.465 e. The maximum absolute atomic E-state index is 13.0. The van der Waals surface area contributed by atoms with Gasteiger partial charge in [0.25, 0.3) is 0 Å². The fraction of sp³-hybridized carbons (Fsp3) is 0.167. The summed E-state index contributed by atoms with van der Waals surface area (Å²) in [5.74, 6) is -1.56. The molecule has 10 heteroatoms. The van der Waals surface area contributed by atoms with Gasteiger partial charge in [-0.1, -0.05) is 12.1 Å². The number of amides is 2. The molecule has 0 aromatic heterocycles. The molecule has 0 aliphatic heterocycles. The third kappa shape index (κ3) is 5.00. The second-order valence-corrected chi connectivity index (χ2v) is 5.40. The van der Waals surface area contributed by atoms with Crippen molar-refractivity contribution in [3.8, 4) is 0 Å². The molecule has 2 rings (SSSR count). The van der Waals surface area contributed by atoms with Crippen LogP contribution < -0.4 is 10.6 Å². The molecular formula is C18H15F3N2O5. The van der Waals surface area contributed by atoms with Gasteiger partial charge in [-0.3, -0.25) is 0 Å². The number of methoxy groups -OCH3 is 2. The third-order valence-electron chi connectivity index (χ3n) is 3.51. The topological polar surface area (TPSA) is 93.7 Å². The first-order valence-electron chi connectivity index (χ1n) is 7.71. The Hall–Kier alpha value is -3.56. The van der Waals surface area contributed by atoms with Crippen LogP contribution in [0.3, 0.4) is 0 Å². The van der Waals surface area contributed by atoms with E-state index in [1.165, 1.54) is 30.3 Å². The van der Waals surface area contributed by atoms with Gasteiger partial charge in [-0.2, -0.15) is 13.2 Å². The highest BCUT2D eigenvalue weighted by Crippen LogP contribution is 2.34. The van der Waals surface area contributed by atoms with Gasteiger partial charge in [-0.05, 0) is 30.3 Å². The number of carbonyl (C=O) groups excluding carboxylic acids is 3. The summed E-state index contributed by atoms with van der Waals surface area (Å²) in [5.41, 5.74) is -1.62. The first kappa shape index (κ1) is 20.7. The van der Waals surface area contributed by atoms with Crippen LogP contribution >= 0.6 is 0 Å². The van der Waals surface area contributed by atoms with E-state index in [0.717, 1.165) is 26.4 Å². The standard InChI is InChI=1S/C18H15F3N2O5/c1-27-15(24)10-7-11(16(25)28-2)9-12(8-10)22-17(26)23-14-6-4-3-5-13(14)18(19,20)21/h3-9H,1-2H3,(H2,22,23,26). The molecule has 148 valence electrons. The van der Waals surface area contributed by atoms with E-state index in [9.17, 15) is 27.6 Å². The van der Waals surface area contributed by atoms with Crippen molar-refractivity contribution < 1.29 is 37.0 Å². The monoisotopic (exact) mass is 396 g/mol. The lowest BCUT2D eigenvalue weighted by Gasteiger charge is -2.14. The molecule has 0 radical (unpaired) electrons. The van der Waals surface area contributed by atoms with Crippen molar-refractivity contribution in [1.29, 1.82) is 0 Å². The molecule has 2 N–H and O–H groups in total. The van der Waals surface area contributed by atoms with Crippen molar-refractivity contribution in [2.24, 2.45) is 0 Å². The Kier molecular flexibility index (Phi) is 6.24. The van der Waals surface area contributed by atoms with Crippen LogP contribution in [-0.2, 0) is 15.7 Å². The first-order valence-corrected chi connectivity index (χ1v) is 7.71. The van der Waals surface area contributed by atoms with E-state index in [-0.39, 0.29) is 16.8 Å². The SMILES string of the molecule is COC(=O)c1cc(NC(=O)Nc2ccccc2C(F)(F)F)cc(C(=O)OC)c1. The molecule has 0 aliphatic carbocycles. The number of anilines is 2. The molecule has 0 heterocycles. The van der Waals surface area contributed by atoms with E-state index >= 15 is 0 Å². The van der Waals surface area contributed by atoms with E-state index in [0.29, 0.717) is 0 Å². The highest BCUT2D eigenvalue weighted by Gasteiger charge is 2.33. The molecule has 0 saturated carbocycles. The van der Waals surface area contributed by atoms with Gasteiger partial charge in [0.15, 0.2) is 0 Å². The number of nitrogens with one attached hydrogen (secondary N) is 2. The molecule has 7 nitrogen and oxygen atoms in total. The van der Waals surface area contributed by atoms with Gasteiger partial charge < -0.3 is 20.1 Å². The summed E-state index contributed by atoms with van der Waals surface area (Å²) in [6.07, 6.45) is -4.66. The lowest BCUT2D eigenvalue weighted by Crippen LogP contribution is -2.22. The highest BCUT2D eigenvalue weighted by atomic mass is 19.4. The van der Waals surface area contributed by atoms with Crippen LogP contribution in [0.5, 0.6) is 0 Å². The molecule has 0 unspecified atom stereocenters. The number of ether oxygens (including phenoxy) is 2. The number of urea groups is 1. The summed E-state index contributed by atoms with van der Waals surface area (Å²) < 4.78 is 48.2. The van der Waals surface area contributed by atoms with Gasteiger partial charge in [0.05, 0.1) is 36.6 Å². The third-order valence-corrected chi connectivity index (χ3v) is 3.51. The predicted octanol–water partition coefficient (Wildman–Crippen LogP) is 3.92. The Balaban J connectivity index is 2.29. The molecule has 2 aromatic rings. The zero-order valence-electron chi connectivity index (χ0n) is 14.7. The van der Waals surface area contributed by atoms with Gasteiger partial charge in [0, 0.05) is 5.69 Å². The number of hydrogen-bond acceptors (Lipinski definition) is 5. The number of carbonyl (C=O) groups is 3. The summed E-state index contributed by atoms with van der Waals surface area (Å²) in [6, 6.07) is 7.03. The van der Waals surface area contributed by atoms with Gasteiger partial charge >= 0.3 is 24.1 Å². The Bertz CT molecular complexity index is 878. The summed E-state index contributed by atoms with van der Waals surface area (Å²) in [4.78, 5) is 35.6. The number of rotatable bonds is 4. The molecule has 0 spiro atoms. The van der Waals surface area contributed by atoms with E-state index in [4.69, 9.17) is 0 Å². The van der Waals surface area contributed by atoms with Crippen molar-refractivity contribution in [3.05, 3.63) is 59.2 Å². The highest BCUT2D eigenvalue weighted by molar-refractivity contribution is 6.03. The molecule has 0 saturated heterocycles. The normalized spacial score (nSPS) is 10.8. The van der Waals surface area contributed by atoms with Crippen LogP contribution in [0, 0.1) is 0 Å². The average molecular weight is 396 g/mol. The van der Waals surface area contributed by atoms with Crippen LogP contribution in [0.15, 0.2) is 42.5 Å². The summed E-state index contributed by atoms with van der Waals surface area (Å²) in [5, 5.41) is 4.36. The maximum atomic E-state index is 13.0. The fourth-order valence-electron chi connectivity index (χ4n) is 2.30. The number of para-hydroxylation sites is 1. The van der Waals surface area contributed by atoms with Crippen LogP contribution in [0.4, 0.5) is 29.3 Å². The largest absolute Gasteiger partial charge is 0.465 e. The van der Waals surface area contributed by atoms with Gasteiger partial charge in [-0.25, -0.2) is 14.4 Å². The Labute approximate surface area is 157 Å². The Morgan fingerprint density at radius 1 is 0.857 bits per heavy atom. The van der Waals surface area contributed by atoms with Gasteiger partial charge in [0.1, 0.15) is 0 Å². The lowest BCUT2D eigenvalue weighted by atomic mass is 10.1. The smallest absolute Gasteiger partial charge is 0.418 e.